The van der Waals surface area contributed by atoms with Crippen molar-refractivity contribution in [3.05, 3.63) is 12.7 Å². The second-order valence-electron chi connectivity index (χ2n) is 4.61. The van der Waals surface area contributed by atoms with E-state index >= 15 is 0 Å². The van der Waals surface area contributed by atoms with E-state index in [1.54, 1.807) is 0 Å². The first kappa shape index (κ1) is 15.0. The first-order valence-electron chi connectivity index (χ1n) is 6.11. The quantitative estimate of drug-likeness (QED) is 0.747. The first-order chi connectivity index (χ1) is 8.40. The molecule has 1 saturated carbocycles. The highest BCUT2D eigenvalue weighted by atomic mass is 19.4. The smallest absolute Gasteiger partial charge is 0.351 e. The van der Waals surface area contributed by atoms with Crippen LogP contribution in [0.2, 0.25) is 0 Å². The lowest BCUT2D eigenvalue weighted by Crippen LogP contribution is -2.59. The molecule has 3 nitrogen and oxygen atoms in total. The van der Waals surface area contributed by atoms with E-state index in [9.17, 15) is 18.0 Å². The molecule has 0 unspecified atom stereocenters. The van der Waals surface area contributed by atoms with Gasteiger partial charge in [0, 0.05) is 6.54 Å². The van der Waals surface area contributed by atoms with Crippen LogP contribution in [0.15, 0.2) is 12.7 Å². The molecule has 1 aliphatic carbocycles. The average molecular weight is 264 g/mol. The summed E-state index contributed by atoms with van der Waals surface area (Å²) < 4.78 is 36.9. The van der Waals surface area contributed by atoms with Crippen LogP contribution in [0, 0.1) is 0 Å². The molecule has 0 aromatic rings. The molecule has 2 N–H and O–H groups in total. The highest BCUT2D eigenvalue weighted by molar-refractivity contribution is 5.86. The van der Waals surface area contributed by atoms with Gasteiger partial charge in [-0.2, -0.15) is 13.2 Å². The third-order valence-electron chi connectivity index (χ3n) is 3.18. The van der Waals surface area contributed by atoms with E-state index < -0.39 is 18.3 Å². The van der Waals surface area contributed by atoms with Gasteiger partial charge in [0.25, 0.3) is 0 Å². The van der Waals surface area contributed by atoms with Crippen LogP contribution in [-0.4, -0.2) is 30.7 Å². The summed E-state index contributed by atoms with van der Waals surface area (Å²) >= 11 is 0. The summed E-state index contributed by atoms with van der Waals surface area (Å²) in [6.07, 6.45) is 0.613. The maximum absolute atomic E-state index is 12.3. The van der Waals surface area contributed by atoms with E-state index in [1.807, 2.05) is 0 Å². The van der Waals surface area contributed by atoms with Crippen molar-refractivity contribution < 1.29 is 18.0 Å². The summed E-state index contributed by atoms with van der Waals surface area (Å²) in [5.41, 5.74) is -1.07. The summed E-state index contributed by atoms with van der Waals surface area (Å²) in [7, 11) is 0. The van der Waals surface area contributed by atoms with Gasteiger partial charge in [0.2, 0.25) is 5.91 Å². The molecule has 0 aromatic heterocycles. The van der Waals surface area contributed by atoms with Gasteiger partial charge in [-0.1, -0.05) is 25.3 Å². The van der Waals surface area contributed by atoms with E-state index in [0.717, 1.165) is 19.3 Å². The fourth-order valence-corrected chi connectivity index (χ4v) is 2.24. The van der Waals surface area contributed by atoms with Gasteiger partial charge in [-0.05, 0) is 12.8 Å². The van der Waals surface area contributed by atoms with Crippen LogP contribution in [0.5, 0.6) is 0 Å². The molecule has 6 heteroatoms. The highest BCUT2D eigenvalue weighted by Gasteiger charge is 2.41. The lowest BCUT2D eigenvalue weighted by Gasteiger charge is -2.37. The van der Waals surface area contributed by atoms with E-state index in [-0.39, 0.29) is 12.5 Å². The van der Waals surface area contributed by atoms with Crippen LogP contribution in [0.1, 0.15) is 32.1 Å². The highest BCUT2D eigenvalue weighted by Crippen LogP contribution is 2.29. The van der Waals surface area contributed by atoms with E-state index in [2.05, 4.69) is 17.2 Å². The van der Waals surface area contributed by atoms with Gasteiger partial charge < -0.3 is 5.32 Å². The summed E-state index contributed by atoms with van der Waals surface area (Å²) in [6.45, 7) is 2.61. The van der Waals surface area contributed by atoms with Gasteiger partial charge in [0.15, 0.2) is 0 Å². The number of hydrogen-bond acceptors (Lipinski definition) is 2. The van der Waals surface area contributed by atoms with Gasteiger partial charge in [-0.3, -0.25) is 10.1 Å². The molecule has 18 heavy (non-hydrogen) atoms. The molecular formula is C12H19F3N2O. The van der Waals surface area contributed by atoms with E-state index in [4.69, 9.17) is 0 Å². The molecule has 0 atom stereocenters. The number of carbonyl (C=O) groups excluding carboxylic acids is 1. The zero-order valence-corrected chi connectivity index (χ0v) is 10.3. The molecule has 0 heterocycles. The molecule has 0 spiro atoms. The van der Waals surface area contributed by atoms with Crippen LogP contribution >= 0.6 is 0 Å². The minimum atomic E-state index is -4.30. The van der Waals surface area contributed by atoms with Crippen molar-refractivity contribution in [1.82, 2.24) is 10.6 Å². The average Bonchev–Trinajstić information content (AvgIpc) is 2.34. The molecule has 0 radical (unpaired) electrons. The molecule has 104 valence electrons. The molecule has 0 aliphatic heterocycles. The fourth-order valence-electron chi connectivity index (χ4n) is 2.24. The van der Waals surface area contributed by atoms with Crippen LogP contribution in [0.3, 0.4) is 0 Å². The largest absolute Gasteiger partial charge is 0.401 e. The minimum Gasteiger partial charge on any atom is -0.351 e. The normalized spacial score (nSPS) is 19.3. The molecule has 1 aliphatic rings. The third kappa shape index (κ3) is 4.33. The summed E-state index contributed by atoms with van der Waals surface area (Å²) in [5, 5.41) is 5.00. The van der Waals surface area contributed by atoms with E-state index in [1.165, 1.54) is 6.08 Å². The van der Waals surface area contributed by atoms with Crippen LogP contribution in [-0.2, 0) is 4.79 Å². The Labute approximate surface area is 105 Å². The van der Waals surface area contributed by atoms with Crippen molar-refractivity contribution in [2.45, 2.75) is 43.8 Å². The predicted octanol–water partition coefficient (Wildman–Crippen LogP) is 2.14. The Morgan fingerprint density at radius 2 is 1.89 bits per heavy atom. The number of alkyl halides is 3. The Kier molecular flexibility index (Phi) is 5.19. The third-order valence-corrected chi connectivity index (χ3v) is 3.18. The first-order valence-corrected chi connectivity index (χ1v) is 6.11. The Morgan fingerprint density at radius 3 is 2.39 bits per heavy atom. The van der Waals surface area contributed by atoms with Gasteiger partial charge in [-0.15, -0.1) is 6.58 Å². The van der Waals surface area contributed by atoms with Crippen molar-refractivity contribution >= 4 is 5.91 Å². The topological polar surface area (TPSA) is 41.1 Å². The van der Waals surface area contributed by atoms with Crippen LogP contribution < -0.4 is 10.6 Å². The SMILES string of the molecule is C=CCNC(=O)C1(NCC(F)(F)F)CCCCC1. The maximum atomic E-state index is 12.3. The van der Waals surface area contributed by atoms with Gasteiger partial charge in [0.05, 0.1) is 12.1 Å². The summed E-state index contributed by atoms with van der Waals surface area (Å²) in [5.74, 6) is -0.355. The minimum absolute atomic E-state index is 0.272. The number of amides is 1. The maximum Gasteiger partial charge on any atom is 0.401 e. The number of hydrogen-bond donors (Lipinski definition) is 2. The second kappa shape index (κ2) is 6.22. The monoisotopic (exact) mass is 264 g/mol. The Morgan fingerprint density at radius 1 is 1.28 bits per heavy atom. The number of rotatable bonds is 5. The van der Waals surface area contributed by atoms with Crippen molar-refractivity contribution in [3.8, 4) is 0 Å². The molecular weight excluding hydrogens is 245 g/mol. The fraction of sp³-hybridized carbons (Fsp3) is 0.750. The Balaban J connectivity index is 2.68. The molecule has 1 fully saturated rings. The number of halogens is 3. The zero-order chi connectivity index (χ0) is 13.6. The van der Waals surface area contributed by atoms with E-state index in [0.29, 0.717) is 12.8 Å². The number of carbonyl (C=O) groups is 1. The van der Waals surface area contributed by atoms with Gasteiger partial charge >= 0.3 is 6.18 Å². The molecule has 1 rings (SSSR count). The molecule has 0 saturated heterocycles. The molecule has 0 aromatic carbocycles. The van der Waals surface area contributed by atoms with Crippen LogP contribution in [0.25, 0.3) is 0 Å². The van der Waals surface area contributed by atoms with Gasteiger partial charge in [0.1, 0.15) is 0 Å². The lowest BCUT2D eigenvalue weighted by atomic mass is 9.80. The zero-order valence-electron chi connectivity index (χ0n) is 10.3. The van der Waals surface area contributed by atoms with Crippen molar-refractivity contribution in [3.63, 3.8) is 0 Å². The van der Waals surface area contributed by atoms with Crippen molar-refractivity contribution in [2.75, 3.05) is 13.1 Å². The van der Waals surface area contributed by atoms with Crippen molar-refractivity contribution in [1.29, 1.82) is 0 Å². The molecule has 1 amide bonds. The standard InChI is InChI=1S/C12H19F3N2O/c1-2-8-16-10(18)11(6-4-3-5-7-11)17-9-12(13,14)15/h2,17H,1,3-9H2,(H,16,18). The summed E-state index contributed by atoms with van der Waals surface area (Å²) in [4.78, 5) is 12.0. The lowest BCUT2D eigenvalue weighted by molar-refractivity contribution is -0.139. The van der Waals surface area contributed by atoms with Gasteiger partial charge in [-0.25, -0.2) is 0 Å². The molecule has 0 bridgehead atoms. The Bertz CT molecular complexity index is 296. The number of nitrogens with one attached hydrogen (secondary N) is 2. The second-order valence-corrected chi connectivity index (χ2v) is 4.61. The van der Waals surface area contributed by atoms with Crippen LogP contribution in [0.4, 0.5) is 13.2 Å². The summed E-state index contributed by atoms with van der Waals surface area (Å²) in [6, 6.07) is 0. The predicted molar refractivity (Wildman–Crippen MR) is 63.1 cm³/mol. The van der Waals surface area contributed by atoms with Crippen molar-refractivity contribution in [2.24, 2.45) is 0 Å². The Hall–Kier alpha value is -1.04.